The van der Waals surface area contributed by atoms with E-state index in [1.54, 1.807) is 17.0 Å². The number of ether oxygens (including phenoxy) is 1. The minimum absolute atomic E-state index is 0.109. The maximum absolute atomic E-state index is 12.2. The largest absolute Gasteiger partial charge is 0.487 e. The van der Waals surface area contributed by atoms with Crippen LogP contribution in [-0.2, 0) is 17.8 Å². The summed E-state index contributed by atoms with van der Waals surface area (Å²) in [7, 11) is 0. The summed E-state index contributed by atoms with van der Waals surface area (Å²) in [6, 6.07) is 13.1. The van der Waals surface area contributed by atoms with Crippen LogP contribution in [-0.4, -0.2) is 17.2 Å². The Morgan fingerprint density at radius 2 is 2.00 bits per heavy atom. The summed E-state index contributed by atoms with van der Waals surface area (Å²) in [4.78, 5) is 29.6. The molecule has 2 aromatic carbocycles. The van der Waals surface area contributed by atoms with Gasteiger partial charge in [0.2, 0.25) is 5.91 Å². The third-order valence-corrected chi connectivity index (χ3v) is 5.49. The molecule has 1 heterocycles. The van der Waals surface area contributed by atoms with Crippen LogP contribution in [0.3, 0.4) is 0 Å². The van der Waals surface area contributed by atoms with Crippen molar-refractivity contribution in [2.75, 3.05) is 4.90 Å². The van der Waals surface area contributed by atoms with Gasteiger partial charge in [0.25, 0.3) is 0 Å². The first-order valence-electron chi connectivity index (χ1n) is 8.73. The van der Waals surface area contributed by atoms with E-state index in [1.165, 1.54) is 23.8 Å². The summed E-state index contributed by atoms with van der Waals surface area (Å²) in [5.41, 5.74) is 3.14. The third kappa shape index (κ3) is 4.66. The van der Waals surface area contributed by atoms with Crippen molar-refractivity contribution in [3.05, 3.63) is 69.1 Å². The van der Waals surface area contributed by atoms with Crippen LogP contribution < -0.4 is 9.64 Å². The minimum Gasteiger partial charge on any atom is -0.487 e. The number of halogens is 1. The lowest BCUT2D eigenvalue weighted by Crippen LogP contribution is -2.22. The standard InChI is InChI=1S/C21H19BrN2O3S/c1-3-15-4-7-19(8-5-15)24(14(2)26)21-23-18(13-28-21)12-27-20-9-6-17(22)10-16(20)11-25/h4-11,13H,3,12H2,1-2H3. The molecule has 0 N–H and O–H groups in total. The van der Waals surface area contributed by atoms with Gasteiger partial charge in [-0.1, -0.05) is 35.0 Å². The highest BCUT2D eigenvalue weighted by Gasteiger charge is 2.18. The highest BCUT2D eigenvalue weighted by atomic mass is 79.9. The molecule has 0 saturated heterocycles. The van der Waals surface area contributed by atoms with Crippen LogP contribution in [0.1, 0.15) is 35.5 Å². The Hall–Kier alpha value is -2.51. The Morgan fingerprint density at radius 3 is 2.64 bits per heavy atom. The SMILES string of the molecule is CCc1ccc(N(C(C)=O)c2nc(COc3ccc(Br)cc3C=O)cs2)cc1. The molecule has 0 atom stereocenters. The number of anilines is 2. The summed E-state index contributed by atoms with van der Waals surface area (Å²) >= 11 is 4.71. The lowest BCUT2D eigenvalue weighted by Gasteiger charge is -2.18. The molecule has 0 unspecified atom stereocenters. The number of aromatic nitrogens is 1. The van der Waals surface area contributed by atoms with Gasteiger partial charge in [-0.05, 0) is 42.3 Å². The summed E-state index contributed by atoms with van der Waals surface area (Å²) < 4.78 is 6.56. The number of amides is 1. The quantitative estimate of drug-likeness (QED) is 0.435. The molecule has 1 amide bonds. The van der Waals surface area contributed by atoms with Crippen molar-refractivity contribution >= 4 is 50.3 Å². The molecule has 0 saturated carbocycles. The zero-order chi connectivity index (χ0) is 20.1. The van der Waals surface area contributed by atoms with E-state index in [4.69, 9.17) is 4.74 Å². The van der Waals surface area contributed by atoms with Gasteiger partial charge >= 0.3 is 0 Å². The van der Waals surface area contributed by atoms with Gasteiger partial charge in [-0.25, -0.2) is 4.98 Å². The molecule has 3 aromatic rings. The van der Waals surface area contributed by atoms with E-state index in [9.17, 15) is 9.59 Å². The Bertz CT molecular complexity index is 986. The maximum atomic E-state index is 12.2. The number of nitrogens with zero attached hydrogens (tertiary/aromatic N) is 2. The van der Waals surface area contributed by atoms with Gasteiger partial charge in [-0.3, -0.25) is 14.5 Å². The molecular weight excluding hydrogens is 440 g/mol. The molecule has 7 heteroatoms. The van der Waals surface area contributed by atoms with Crippen molar-refractivity contribution in [2.24, 2.45) is 0 Å². The predicted molar refractivity (Wildman–Crippen MR) is 115 cm³/mol. The van der Waals surface area contributed by atoms with Gasteiger partial charge in [-0.2, -0.15) is 0 Å². The molecule has 0 aliphatic heterocycles. The monoisotopic (exact) mass is 458 g/mol. The first-order chi connectivity index (χ1) is 13.5. The molecule has 3 rings (SSSR count). The normalized spacial score (nSPS) is 10.5. The number of aldehydes is 1. The van der Waals surface area contributed by atoms with E-state index in [-0.39, 0.29) is 12.5 Å². The molecule has 1 aromatic heterocycles. The number of rotatable bonds is 7. The van der Waals surface area contributed by atoms with Gasteiger partial charge in [-0.15, -0.1) is 11.3 Å². The molecule has 0 radical (unpaired) electrons. The number of benzene rings is 2. The molecule has 0 bridgehead atoms. The highest BCUT2D eigenvalue weighted by molar-refractivity contribution is 9.10. The van der Waals surface area contributed by atoms with Crippen LogP contribution in [0.15, 0.2) is 52.3 Å². The van der Waals surface area contributed by atoms with Crippen LogP contribution in [0.2, 0.25) is 0 Å². The molecule has 0 aliphatic carbocycles. The zero-order valence-corrected chi connectivity index (χ0v) is 17.9. The Labute approximate surface area is 176 Å². The van der Waals surface area contributed by atoms with E-state index in [2.05, 4.69) is 27.8 Å². The van der Waals surface area contributed by atoms with Crippen molar-refractivity contribution in [1.82, 2.24) is 4.98 Å². The van der Waals surface area contributed by atoms with Gasteiger partial charge in [0.1, 0.15) is 12.4 Å². The van der Waals surface area contributed by atoms with Gasteiger partial charge in [0.05, 0.1) is 16.9 Å². The van der Waals surface area contributed by atoms with E-state index < -0.39 is 0 Å². The second-order valence-electron chi connectivity index (χ2n) is 6.08. The second-order valence-corrected chi connectivity index (χ2v) is 7.84. The summed E-state index contributed by atoms with van der Waals surface area (Å²) in [6.07, 6.45) is 1.70. The Balaban J connectivity index is 1.77. The minimum atomic E-state index is -0.109. The van der Waals surface area contributed by atoms with E-state index >= 15 is 0 Å². The lowest BCUT2D eigenvalue weighted by molar-refractivity contribution is -0.115. The van der Waals surface area contributed by atoms with Crippen LogP contribution in [0.25, 0.3) is 0 Å². The number of carbonyl (C=O) groups is 2. The van der Waals surface area contributed by atoms with E-state index in [0.29, 0.717) is 22.1 Å². The summed E-state index contributed by atoms with van der Waals surface area (Å²) in [5.74, 6) is 0.383. The average Bonchev–Trinajstić information content (AvgIpc) is 3.15. The van der Waals surface area contributed by atoms with Gasteiger partial charge in [0.15, 0.2) is 11.4 Å². The van der Waals surface area contributed by atoms with E-state index in [0.717, 1.165) is 22.9 Å². The molecular formula is C21H19BrN2O3S. The third-order valence-electron chi connectivity index (χ3n) is 4.12. The Kier molecular flexibility index (Phi) is 6.59. The summed E-state index contributed by atoms with van der Waals surface area (Å²) in [6.45, 7) is 3.81. The van der Waals surface area contributed by atoms with Gasteiger partial charge in [0, 0.05) is 16.8 Å². The van der Waals surface area contributed by atoms with Crippen molar-refractivity contribution in [3.63, 3.8) is 0 Å². The molecule has 0 fully saturated rings. The van der Waals surface area contributed by atoms with Crippen LogP contribution >= 0.6 is 27.3 Å². The van der Waals surface area contributed by atoms with Crippen molar-refractivity contribution in [3.8, 4) is 5.75 Å². The molecule has 144 valence electrons. The zero-order valence-electron chi connectivity index (χ0n) is 15.5. The molecule has 5 nitrogen and oxygen atoms in total. The summed E-state index contributed by atoms with van der Waals surface area (Å²) in [5, 5.41) is 2.44. The van der Waals surface area contributed by atoms with Crippen LogP contribution in [0.5, 0.6) is 5.75 Å². The highest BCUT2D eigenvalue weighted by Crippen LogP contribution is 2.30. The van der Waals surface area contributed by atoms with Crippen molar-refractivity contribution in [1.29, 1.82) is 0 Å². The number of aryl methyl sites for hydroxylation is 1. The Morgan fingerprint density at radius 1 is 1.25 bits per heavy atom. The predicted octanol–water partition coefficient (Wildman–Crippen LogP) is 5.54. The average molecular weight is 459 g/mol. The molecule has 0 aliphatic rings. The lowest BCUT2D eigenvalue weighted by atomic mass is 10.1. The topological polar surface area (TPSA) is 59.5 Å². The van der Waals surface area contributed by atoms with Gasteiger partial charge < -0.3 is 4.74 Å². The maximum Gasteiger partial charge on any atom is 0.230 e. The number of thiazole rings is 1. The van der Waals surface area contributed by atoms with E-state index in [1.807, 2.05) is 35.7 Å². The fourth-order valence-corrected chi connectivity index (χ4v) is 3.92. The number of hydrogen-bond donors (Lipinski definition) is 0. The second kappa shape index (κ2) is 9.12. The smallest absolute Gasteiger partial charge is 0.230 e. The number of hydrogen-bond acceptors (Lipinski definition) is 5. The number of carbonyl (C=O) groups excluding carboxylic acids is 2. The fourth-order valence-electron chi connectivity index (χ4n) is 2.67. The van der Waals surface area contributed by atoms with Crippen molar-refractivity contribution < 1.29 is 14.3 Å². The van der Waals surface area contributed by atoms with Crippen LogP contribution in [0.4, 0.5) is 10.8 Å². The molecule has 28 heavy (non-hydrogen) atoms. The molecule has 0 spiro atoms. The first-order valence-corrected chi connectivity index (χ1v) is 10.4. The fraction of sp³-hybridized carbons (Fsp3) is 0.190. The van der Waals surface area contributed by atoms with Crippen molar-refractivity contribution in [2.45, 2.75) is 26.9 Å². The first kappa shape index (κ1) is 20.2. The van der Waals surface area contributed by atoms with Crippen LogP contribution in [0, 0.1) is 0 Å².